The van der Waals surface area contributed by atoms with Crippen LogP contribution in [0.1, 0.15) is 89.7 Å². The Kier molecular flexibility index (Phi) is 13.6. The van der Waals surface area contributed by atoms with Crippen LogP contribution in [0.3, 0.4) is 0 Å². The molecule has 200 valence electrons. The molecule has 0 bridgehead atoms. The molecule has 2 aromatic carbocycles. The van der Waals surface area contributed by atoms with Crippen LogP contribution in [-0.4, -0.2) is 37.4 Å². The fourth-order valence-corrected chi connectivity index (χ4v) is 4.81. The lowest BCUT2D eigenvalue weighted by Gasteiger charge is -2.32. The topological polar surface area (TPSA) is 35.5 Å². The molecule has 36 heavy (non-hydrogen) atoms. The first-order valence-electron chi connectivity index (χ1n) is 14.2. The van der Waals surface area contributed by atoms with Gasteiger partial charge in [-0.05, 0) is 31.4 Å². The number of hydrogen-bond donors (Lipinski definition) is 0. The Morgan fingerprint density at radius 2 is 1.44 bits per heavy atom. The molecule has 2 atom stereocenters. The summed E-state index contributed by atoms with van der Waals surface area (Å²) in [6, 6.07) is 18.6. The molecule has 0 saturated carbocycles. The van der Waals surface area contributed by atoms with Gasteiger partial charge in [0.25, 0.3) is 0 Å². The maximum Gasteiger partial charge on any atom is 0.317 e. The van der Waals surface area contributed by atoms with Crippen LogP contribution in [0.2, 0.25) is 0 Å². The van der Waals surface area contributed by atoms with E-state index >= 15 is 0 Å². The average Bonchev–Trinajstić information content (AvgIpc) is 2.86. The van der Waals surface area contributed by atoms with Gasteiger partial charge >= 0.3 is 5.97 Å². The van der Waals surface area contributed by atoms with Gasteiger partial charge in [-0.1, -0.05) is 107 Å². The van der Waals surface area contributed by atoms with Crippen molar-refractivity contribution in [2.24, 2.45) is 5.92 Å². The van der Waals surface area contributed by atoms with Gasteiger partial charge in [0.1, 0.15) is 18.2 Å². The Labute approximate surface area is 220 Å². The van der Waals surface area contributed by atoms with Gasteiger partial charge in [0.15, 0.2) is 0 Å². The van der Waals surface area contributed by atoms with Crippen molar-refractivity contribution in [1.82, 2.24) is 0 Å². The summed E-state index contributed by atoms with van der Waals surface area (Å²) in [5.74, 6) is 0.434. The zero-order valence-electron chi connectivity index (χ0n) is 23.5. The number of aryl methyl sites for hydroxylation is 1. The van der Waals surface area contributed by atoms with E-state index in [0.717, 1.165) is 29.6 Å². The smallest absolute Gasteiger partial charge is 0.317 e. The van der Waals surface area contributed by atoms with Gasteiger partial charge in [0.05, 0.1) is 20.6 Å². The molecule has 0 amide bonds. The third-order valence-electron chi connectivity index (χ3n) is 6.74. The van der Waals surface area contributed by atoms with Crippen molar-refractivity contribution in [2.75, 3.05) is 20.6 Å². The van der Waals surface area contributed by atoms with Crippen LogP contribution >= 0.6 is 0 Å². The van der Waals surface area contributed by atoms with Crippen LogP contribution in [0.4, 0.5) is 0 Å². The third kappa shape index (κ3) is 11.6. The molecule has 0 spiro atoms. The zero-order chi connectivity index (χ0) is 26.2. The van der Waals surface area contributed by atoms with E-state index in [2.05, 4.69) is 57.4 Å². The molecule has 0 saturated heterocycles. The number of carbonyl (C=O) groups is 1. The molecule has 0 aliphatic carbocycles. The van der Waals surface area contributed by atoms with Crippen molar-refractivity contribution in [2.45, 2.75) is 97.8 Å². The molecule has 0 aliphatic rings. The van der Waals surface area contributed by atoms with Crippen LogP contribution < -0.4 is 4.74 Å². The van der Waals surface area contributed by atoms with Gasteiger partial charge in [-0.2, -0.15) is 0 Å². The Morgan fingerprint density at radius 3 is 2.11 bits per heavy atom. The second-order valence-electron chi connectivity index (χ2n) is 10.9. The highest BCUT2D eigenvalue weighted by atomic mass is 16.7. The molecule has 0 aromatic heterocycles. The number of carbonyl (C=O) groups excluding carboxylic acids is 1. The SMILES string of the molecule is CCCCCCCCCCc1ccccc1OC(CC)OC(=O)C(C)C[N+](C)(C)Cc1ccccc1. The number of quaternary nitrogens is 1. The number of rotatable bonds is 18. The van der Waals surface area contributed by atoms with Gasteiger partial charge in [-0.3, -0.25) is 4.79 Å². The average molecular weight is 497 g/mol. The molecule has 0 aliphatic heterocycles. The number of esters is 1. The van der Waals surface area contributed by atoms with E-state index in [9.17, 15) is 4.79 Å². The fraction of sp³-hybridized carbons (Fsp3) is 0.594. The van der Waals surface area contributed by atoms with Crippen molar-refractivity contribution in [3.63, 3.8) is 0 Å². The number of nitrogens with zero attached hydrogens (tertiary/aromatic N) is 1. The quantitative estimate of drug-likeness (QED) is 0.0909. The van der Waals surface area contributed by atoms with Crippen LogP contribution in [0.15, 0.2) is 54.6 Å². The number of benzene rings is 2. The summed E-state index contributed by atoms with van der Waals surface area (Å²) in [6.07, 6.45) is 11.5. The van der Waals surface area contributed by atoms with Crippen LogP contribution in [0.5, 0.6) is 5.75 Å². The van der Waals surface area contributed by atoms with Crippen molar-refractivity contribution in [3.8, 4) is 5.75 Å². The Balaban J connectivity index is 1.82. The first-order chi connectivity index (χ1) is 17.3. The standard InChI is InChI=1S/C32H50NO3/c1-6-8-9-10-11-12-13-17-22-29-23-18-19-24-30(29)35-31(7-2)36-32(34)27(3)25-33(4,5)26-28-20-15-14-16-21-28/h14-16,18-21,23-24,27,31H,6-13,17,22,25-26H2,1-5H3/q+1. The van der Waals surface area contributed by atoms with Gasteiger partial charge in [-0.15, -0.1) is 0 Å². The van der Waals surface area contributed by atoms with E-state index in [0.29, 0.717) is 13.0 Å². The second kappa shape index (κ2) is 16.4. The Hall–Kier alpha value is -2.33. The molecule has 2 aromatic rings. The maximum atomic E-state index is 12.9. The molecule has 0 radical (unpaired) electrons. The summed E-state index contributed by atoms with van der Waals surface area (Å²) < 4.78 is 12.8. The van der Waals surface area contributed by atoms with Crippen molar-refractivity contribution >= 4 is 5.97 Å². The molecule has 0 heterocycles. The first kappa shape index (κ1) is 29.9. The molecule has 2 unspecified atom stereocenters. The van der Waals surface area contributed by atoms with E-state index < -0.39 is 6.29 Å². The van der Waals surface area contributed by atoms with E-state index in [4.69, 9.17) is 9.47 Å². The van der Waals surface area contributed by atoms with Gasteiger partial charge in [-0.25, -0.2) is 0 Å². The summed E-state index contributed by atoms with van der Waals surface area (Å²) >= 11 is 0. The molecular weight excluding hydrogens is 446 g/mol. The molecule has 0 fully saturated rings. The number of hydrogen-bond acceptors (Lipinski definition) is 3. The fourth-order valence-electron chi connectivity index (χ4n) is 4.81. The highest BCUT2D eigenvalue weighted by molar-refractivity contribution is 5.72. The molecular formula is C32H50NO3+. The van der Waals surface area contributed by atoms with E-state index in [1.54, 1.807) is 0 Å². The van der Waals surface area contributed by atoms with E-state index in [1.165, 1.54) is 56.1 Å². The van der Waals surface area contributed by atoms with E-state index in [-0.39, 0.29) is 11.9 Å². The van der Waals surface area contributed by atoms with Crippen molar-refractivity contribution in [1.29, 1.82) is 0 Å². The third-order valence-corrected chi connectivity index (χ3v) is 6.74. The van der Waals surface area contributed by atoms with Crippen LogP contribution in [-0.2, 0) is 22.5 Å². The summed E-state index contributed by atoms with van der Waals surface area (Å²) in [5.41, 5.74) is 2.47. The number of ether oxygens (including phenoxy) is 2. The van der Waals surface area contributed by atoms with Gasteiger partial charge < -0.3 is 14.0 Å². The molecule has 2 rings (SSSR count). The minimum Gasteiger partial charge on any atom is -0.455 e. The predicted molar refractivity (Wildman–Crippen MR) is 150 cm³/mol. The zero-order valence-corrected chi connectivity index (χ0v) is 23.5. The number of unbranched alkanes of at least 4 members (excludes halogenated alkanes) is 7. The minimum absolute atomic E-state index is 0.193. The minimum atomic E-state index is -0.565. The second-order valence-corrected chi connectivity index (χ2v) is 10.9. The molecule has 0 N–H and O–H groups in total. The van der Waals surface area contributed by atoms with Crippen molar-refractivity contribution in [3.05, 3.63) is 65.7 Å². The molecule has 4 heteroatoms. The summed E-state index contributed by atoms with van der Waals surface area (Å²) in [6.45, 7) is 7.80. The first-order valence-corrected chi connectivity index (χ1v) is 14.2. The highest BCUT2D eigenvalue weighted by Gasteiger charge is 2.28. The van der Waals surface area contributed by atoms with Gasteiger partial charge in [0.2, 0.25) is 6.29 Å². The largest absolute Gasteiger partial charge is 0.455 e. The Morgan fingerprint density at radius 1 is 0.833 bits per heavy atom. The van der Waals surface area contributed by atoms with Gasteiger partial charge in [0, 0.05) is 12.0 Å². The normalized spacial score (nSPS) is 13.2. The lowest BCUT2D eigenvalue weighted by Crippen LogP contribution is -2.44. The van der Waals surface area contributed by atoms with Crippen LogP contribution in [0, 0.1) is 5.92 Å². The van der Waals surface area contributed by atoms with E-state index in [1.807, 2.05) is 32.0 Å². The monoisotopic (exact) mass is 496 g/mol. The summed E-state index contributed by atoms with van der Waals surface area (Å²) in [7, 11) is 4.32. The predicted octanol–water partition coefficient (Wildman–Crippen LogP) is 7.94. The highest BCUT2D eigenvalue weighted by Crippen LogP contribution is 2.24. The Bertz CT molecular complexity index is 865. The number of para-hydroxylation sites is 1. The molecule has 4 nitrogen and oxygen atoms in total. The lowest BCUT2D eigenvalue weighted by atomic mass is 10.0. The lowest BCUT2D eigenvalue weighted by molar-refractivity contribution is -0.905. The summed E-state index contributed by atoms with van der Waals surface area (Å²) in [4.78, 5) is 12.9. The van der Waals surface area contributed by atoms with Crippen molar-refractivity contribution < 1.29 is 18.8 Å². The summed E-state index contributed by atoms with van der Waals surface area (Å²) in [5, 5.41) is 0. The van der Waals surface area contributed by atoms with Crippen LogP contribution in [0.25, 0.3) is 0 Å². The maximum absolute atomic E-state index is 12.9.